The van der Waals surface area contributed by atoms with Crippen LogP contribution in [0.4, 0.5) is 11.4 Å². The normalized spacial score (nSPS) is 10.8. The molecule has 0 amide bonds. The molecule has 0 aliphatic heterocycles. The number of rotatable bonds is 3. The van der Waals surface area contributed by atoms with Crippen molar-refractivity contribution in [3.63, 3.8) is 0 Å². The van der Waals surface area contributed by atoms with Crippen LogP contribution in [0.5, 0.6) is 0 Å². The number of halogens is 2. The molecule has 2 aromatic carbocycles. The summed E-state index contributed by atoms with van der Waals surface area (Å²) in [6.45, 7) is 3.76. The molecule has 0 bridgehead atoms. The number of carboxylic acids is 1. The smallest absolute Gasteiger partial charge is 0.337 e. The summed E-state index contributed by atoms with van der Waals surface area (Å²) in [5.41, 5.74) is 4.04. The number of carboxylic acid groups (broad SMARTS) is 1. The highest BCUT2D eigenvalue weighted by Crippen LogP contribution is 2.36. The first kappa shape index (κ1) is 16.7. The van der Waals surface area contributed by atoms with Crippen LogP contribution in [0.25, 0.3) is 10.9 Å². The van der Waals surface area contributed by atoms with Crippen molar-refractivity contribution in [3.05, 3.63) is 62.7 Å². The Kier molecular flexibility index (Phi) is 4.47. The maximum absolute atomic E-state index is 11.6. The molecule has 2 N–H and O–H groups in total. The molecule has 0 atom stereocenters. The number of nitrogens with zero attached hydrogens (tertiary/aromatic N) is 1. The number of hydrogen-bond acceptors (Lipinski definition) is 3. The molecule has 122 valence electrons. The lowest BCUT2D eigenvalue weighted by atomic mass is 10.0. The van der Waals surface area contributed by atoms with E-state index in [1.54, 1.807) is 24.4 Å². The molecule has 24 heavy (non-hydrogen) atoms. The van der Waals surface area contributed by atoms with Gasteiger partial charge in [-0.3, -0.25) is 4.98 Å². The van der Waals surface area contributed by atoms with E-state index in [-0.39, 0.29) is 5.56 Å². The Morgan fingerprint density at radius 2 is 1.96 bits per heavy atom. The molecule has 0 saturated heterocycles. The summed E-state index contributed by atoms with van der Waals surface area (Å²) in [5.74, 6) is -0.975. The Hall–Kier alpha value is -2.11. The van der Waals surface area contributed by atoms with Crippen LogP contribution in [0.3, 0.4) is 0 Å². The molecule has 3 aromatic rings. The molecule has 0 radical (unpaired) electrons. The molecular weight excluding hydrogens is 392 g/mol. The first-order valence-corrected chi connectivity index (χ1v) is 8.39. The fraction of sp³-hybridized carbons (Fsp3) is 0.111. The standard InChI is InChI=1S/C18H14BrClN2O2/c1-9-5-10(2)16(13(6-9)18(23)24)22-17-12-7-11(20)3-4-15(12)21-8-14(17)19/h3-8H,1-2H3,(H,21,22)(H,23,24). The largest absolute Gasteiger partial charge is 0.478 e. The minimum atomic E-state index is -0.975. The third-order valence-electron chi connectivity index (χ3n) is 3.74. The molecular formula is C18H14BrClN2O2. The van der Waals surface area contributed by atoms with Crippen molar-refractivity contribution in [1.29, 1.82) is 0 Å². The van der Waals surface area contributed by atoms with Crippen LogP contribution >= 0.6 is 27.5 Å². The average Bonchev–Trinajstić information content (AvgIpc) is 2.51. The van der Waals surface area contributed by atoms with Gasteiger partial charge in [-0.1, -0.05) is 17.7 Å². The van der Waals surface area contributed by atoms with Crippen LogP contribution in [0.15, 0.2) is 41.0 Å². The summed E-state index contributed by atoms with van der Waals surface area (Å²) in [5, 5.41) is 14.2. The summed E-state index contributed by atoms with van der Waals surface area (Å²) in [6, 6.07) is 9.01. The van der Waals surface area contributed by atoms with Crippen molar-refractivity contribution in [3.8, 4) is 0 Å². The number of anilines is 2. The summed E-state index contributed by atoms with van der Waals surface area (Å²) in [6.07, 6.45) is 1.68. The fourth-order valence-electron chi connectivity index (χ4n) is 2.69. The van der Waals surface area contributed by atoms with E-state index in [0.29, 0.717) is 10.7 Å². The lowest BCUT2D eigenvalue weighted by molar-refractivity contribution is 0.0698. The summed E-state index contributed by atoms with van der Waals surface area (Å²) >= 11 is 9.60. The Bertz CT molecular complexity index is 968. The van der Waals surface area contributed by atoms with Crippen LogP contribution in [-0.2, 0) is 0 Å². The number of hydrogen-bond donors (Lipinski definition) is 2. The van der Waals surface area contributed by atoms with E-state index in [2.05, 4.69) is 26.2 Å². The minimum Gasteiger partial charge on any atom is -0.478 e. The number of nitrogens with one attached hydrogen (secondary N) is 1. The molecule has 1 heterocycles. The lowest BCUT2D eigenvalue weighted by Gasteiger charge is -2.16. The van der Waals surface area contributed by atoms with Crippen molar-refractivity contribution in [2.45, 2.75) is 13.8 Å². The molecule has 0 unspecified atom stereocenters. The zero-order chi connectivity index (χ0) is 17.4. The molecule has 1 aromatic heterocycles. The fourth-order valence-corrected chi connectivity index (χ4v) is 3.28. The van der Waals surface area contributed by atoms with Gasteiger partial charge >= 0.3 is 5.97 Å². The minimum absolute atomic E-state index is 0.228. The maximum atomic E-state index is 11.6. The van der Waals surface area contributed by atoms with Crippen molar-refractivity contribution in [2.24, 2.45) is 0 Å². The van der Waals surface area contributed by atoms with Gasteiger partial charge in [-0.2, -0.15) is 0 Å². The van der Waals surface area contributed by atoms with Gasteiger partial charge in [0.2, 0.25) is 0 Å². The van der Waals surface area contributed by atoms with E-state index >= 15 is 0 Å². The number of benzene rings is 2. The molecule has 4 nitrogen and oxygen atoms in total. The molecule has 6 heteroatoms. The van der Waals surface area contributed by atoms with Crippen LogP contribution in [0, 0.1) is 13.8 Å². The zero-order valence-electron chi connectivity index (χ0n) is 13.0. The van der Waals surface area contributed by atoms with Crippen molar-refractivity contribution in [1.82, 2.24) is 4.98 Å². The monoisotopic (exact) mass is 404 g/mol. The third kappa shape index (κ3) is 3.09. The quantitative estimate of drug-likeness (QED) is 0.586. The van der Waals surface area contributed by atoms with Gasteiger partial charge in [0.1, 0.15) is 0 Å². The second-order valence-corrected chi connectivity index (χ2v) is 6.87. The topological polar surface area (TPSA) is 62.2 Å². The maximum Gasteiger partial charge on any atom is 0.337 e. The van der Waals surface area contributed by atoms with Gasteiger partial charge in [0.05, 0.1) is 26.9 Å². The van der Waals surface area contributed by atoms with Gasteiger partial charge < -0.3 is 10.4 Å². The van der Waals surface area contributed by atoms with Gasteiger partial charge in [0.15, 0.2) is 0 Å². The Morgan fingerprint density at radius 3 is 2.67 bits per heavy atom. The van der Waals surface area contributed by atoms with Gasteiger partial charge in [0, 0.05) is 16.6 Å². The van der Waals surface area contributed by atoms with Crippen molar-refractivity contribution in [2.75, 3.05) is 5.32 Å². The highest BCUT2D eigenvalue weighted by atomic mass is 79.9. The first-order valence-electron chi connectivity index (χ1n) is 7.22. The van der Waals surface area contributed by atoms with E-state index in [4.69, 9.17) is 11.6 Å². The second kappa shape index (κ2) is 6.42. The predicted octanol–water partition coefficient (Wildman–Crippen LogP) is 5.71. The molecule has 0 fully saturated rings. The number of aromatic carboxylic acids is 1. The van der Waals surface area contributed by atoms with Crippen LogP contribution in [0.1, 0.15) is 21.5 Å². The molecule has 0 spiro atoms. The third-order valence-corrected chi connectivity index (χ3v) is 4.58. The molecule has 3 rings (SSSR count). The van der Waals surface area contributed by atoms with Gasteiger partial charge in [0.25, 0.3) is 0 Å². The first-order chi connectivity index (χ1) is 11.4. The predicted molar refractivity (Wildman–Crippen MR) is 101 cm³/mol. The Morgan fingerprint density at radius 1 is 1.21 bits per heavy atom. The second-order valence-electron chi connectivity index (χ2n) is 5.58. The van der Waals surface area contributed by atoms with E-state index in [9.17, 15) is 9.90 Å². The SMILES string of the molecule is Cc1cc(C)c(Nc2c(Br)cnc3ccc(Cl)cc23)c(C(=O)O)c1. The lowest BCUT2D eigenvalue weighted by Crippen LogP contribution is -2.06. The van der Waals surface area contributed by atoms with Crippen molar-refractivity contribution < 1.29 is 9.90 Å². The molecule has 0 aliphatic rings. The van der Waals surface area contributed by atoms with Crippen LogP contribution in [-0.4, -0.2) is 16.1 Å². The van der Waals surface area contributed by atoms with E-state index in [1.165, 1.54) is 0 Å². The van der Waals surface area contributed by atoms with Crippen LogP contribution < -0.4 is 5.32 Å². The van der Waals surface area contributed by atoms with Crippen molar-refractivity contribution >= 4 is 55.8 Å². The number of fused-ring (bicyclic) bond motifs is 1. The number of carbonyl (C=O) groups is 1. The number of pyridine rings is 1. The highest BCUT2D eigenvalue weighted by Gasteiger charge is 2.16. The summed E-state index contributed by atoms with van der Waals surface area (Å²) in [7, 11) is 0. The van der Waals surface area contributed by atoms with Gasteiger partial charge in [-0.25, -0.2) is 4.79 Å². The van der Waals surface area contributed by atoms with E-state index in [0.717, 1.165) is 32.2 Å². The number of aromatic nitrogens is 1. The molecule has 0 saturated carbocycles. The van der Waals surface area contributed by atoms with E-state index < -0.39 is 5.97 Å². The van der Waals surface area contributed by atoms with E-state index in [1.807, 2.05) is 26.0 Å². The Balaban J connectivity index is 2.23. The zero-order valence-corrected chi connectivity index (χ0v) is 15.4. The summed E-state index contributed by atoms with van der Waals surface area (Å²) in [4.78, 5) is 16.0. The highest BCUT2D eigenvalue weighted by molar-refractivity contribution is 9.10. The molecule has 0 aliphatic carbocycles. The number of aryl methyl sites for hydroxylation is 2. The Labute approximate surface area is 152 Å². The summed E-state index contributed by atoms with van der Waals surface area (Å²) < 4.78 is 0.730. The van der Waals surface area contributed by atoms with Crippen LogP contribution in [0.2, 0.25) is 5.02 Å². The van der Waals surface area contributed by atoms with Gasteiger partial charge in [-0.15, -0.1) is 0 Å². The average molecular weight is 406 g/mol. The van der Waals surface area contributed by atoms with Gasteiger partial charge in [-0.05, 0) is 65.2 Å².